The fourth-order valence-corrected chi connectivity index (χ4v) is 2.86. The standard InChI is InChI=1S/C14H11N5O2S/c20-12(13(21)14-16-18-19-17-14)6-10-8-22-7-9(10)5-11-3-1-2-4-15-11/h1-4,7-8H,5-6H2,(H,16,17,18,19). The number of Topliss-reactive ketones (excluding diaryl/α,β-unsaturated/α-hetero) is 2. The van der Waals surface area contributed by atoms with E-state index in [2.05, 4.69) is 25.6 Å². The SMILES string of the molecule is O=C(Cc1cscc1Cc1ccccn1)C(=O)c1nn[nH]n1. The zero-order valence-corrected chi connectivity index (χ0v) is 12.2. The summed E-state index contributed by atoms with van der Waals surface area (Å²) in [4.78, 5) is 28.2. The molecule has 3 aromatic rings. The van der Waals surface area contributed by atoms with Crippen molar-refractivity contribution in [2.24, 2.45) is 0 Å². The lowest BCUT2D eigenvalue weighted by Gasteiger charge is -2.02. The van der Waals surface area contributed by atoms with Crippen LogP contribution >= 0.6 is 11.3 Å². The Labute approximate surface area is 129 Å². The summed E-state index contributed by atoms with van der Waals surface area (Å²) in [6, 6.07) is 5.69. The molecule has 3 heterocycles. The molecule has 3 aromatic heterocycles. The normalized spacial score (nSPS) is 10.5. The van der Waals surface area contributed by atoms with E-state index in [1.807, 2.05) is 29.0 Å². The number of carbonyl (C=O) groups is 2. The van der Waals surface area contributed by atoms with Crippen LogP contribution in [0.2, 0.25) is 0 Å². The van der Waals surface area contributed by atoms with Crippen LogP contribution in [0, 0.1) is 0 Å². The maximum atomic E-state index is 12.0. The minimum Gasteiger partial charge on any atom is -0.290 e. The van der Waals surface area contributed by atoms with Crippen LogP contribution in [-0.4, -0.2) is 37.2 Å². The van der Waals surface area contributed by atoms with Gasteiger partial charge in [0.1, 0.15) is 0 Å². The highest BCUT2D eigenvalue weighted by Crippen LogP contribution is 2.19. The molecular formula is C14H11N5O2S. The van der Waals surface area contributed by atoms with Crippen molar-refractivity contribution in [3.63, 3.8) is 0 Å². The number of ketones is 2. The minimum atomic E-state index is -0.733. The molecule has 3 rings (SSSR count). The van der Waals surface area contributed by atoms with E-state index >= 15 is 0 Å². The first-order valence-corrected chi connectivity index (χ1v) is 7.43. The Balaban J connectivity index is 1.72. The quantitative estimate of drug-likeness (QED) is 0.542. The van der Waals surface area contributed by atoms with Crippen molar-refractivity contribution in [3.05, 3.63) is 57.8 Å². The zero-order valence-electron chi connectivity index (χ0n) is 11.4. The van der Waals surface area contributed by atoms with Gasteiger partial charge in [0.2, 0.25) is 11.6 Å². The van der Waals surface area contributed by atoms with E-state index in [1.165, 1.54) is 11.3 Å². The summed E-state index contributed by atoms with van der Waals surface area (Å²) in [6.45, 7) is 0. The third-order valence-corrected chi connectivity index (χ3v) is 3.92. The molecule has 0 saturated carbocycles. The van der Waals surface area contributed by atoms with Gasteiger partial charge in [0.15, 0.2) is 0 Å². The predicted octanol–water partition coefficient (Wildman–Crippen LogP) is 1.24. The van der Waals surface area contributed by atoms with Gasteiger partial charge in [0.05, 0.1) is 0 Å². The van der Waals surface area contributed by atoms with E-state index in [0.29, 0.717) is 6.42 Å². The van der Waals surface area contributed by atoms with Gasteiger partial charge < -0.3 is 0 Å². The lowest BCUT2D eigenvalue weighted by Crippen LogP contribution is -2.18. The summed E-state index contributed by atoms with van der Waals surface area (Å²) < 4.78 is 0. The monoisotopic (exact) mass is 313 g/mol. The highest BCUT2D eigenvalue weighted by atomic mass is 32.1. The Bertz CT molecular complexity index is 783. The molecule has 0 amide bonds. The van der Waals surface area contributed by atoms with E-state index in [1.54, 1.807) is 6.20 Å². The Morgan fingerprint density at radius 3 is 2.77 bits per heavy atom. The molecular weight excluding hydrogens is 302 g/mol. The van der Waals surface area contributed by atoms with Gasteiger partial charge in [0.25, 0.3) is 5.78 Å². The van der Waals surface area contributed by atoms with Crippen molar-refractivity contribution in [2.75, 3.05) is 0 Å². The number of nitrogens with one attached hydrogen (secondary N) is 1. The number of hydrogen-bond acceptors (Lipinski definition) is 7. The second-order valence-corrected chi connectivity index (χ2v) is 5.33. The first-order valence-electron chi connectivity index (χ1n) is 6.49. The van der Waals surface area contributed by atoms with Gasteiger partial charge >= 0.3 is 0 Å². The molecule has 0 aliphatic heterocycles. The molecule has 1 N–H and O–H groups in total. The first kappa shape index (κ1) is 14.2. The summed E-state index contributed by atoms with van der Waals surface area (Å²) in [7, 11) is 0. The summed E-state index contributed by atoms with van der Waals surface area (Å²) in [6.07, 6.45) is 2.38. The van der Waals surface area contributed by atoms with Crippen molar-refractivity contribution in [1.82, 2.24) is 25.6 Å². The van der Waals surface area contributed by atoms with Gasteiger partial charge in [-0.1, -0.05) is 6.07 Å². The molecule has 0 aromatic carbocycles. The summed E-state index contributed by atoms with van der Waals surface area (Å²) in [5.74, 6) is -1.49. The van der Waals surface area contributed by atoms with Crippen LogP contribution in [0.15, 0.2) is 35.2 Å². The van der Waals surface area contributed by atoms with Gasteiger partial charge in [-0.15, -0.1) is 10.2 Å². The van der Waals surface area contributed by atoms with E-state index in [-0.39, 0.29) is 12.2 Å². The van der Waals surface area contributed by atoms with Crippen LogP contribution in [0.1, 0.15) is 27.4 Å². The molecule has 0 saturated heterocycles. The maximum absolute atomic E-state index is 12.0. The number of nitrogens with zero attached hydrogens (tertiary/aromatic N) is 4. The van der Waals surface area contributed by atoms with Gasteiger partial charge in [0, 0.05) is 24.7 Å². The van der Waals surface area contributed by atoms with Crippen LogP contribution in [0.4, 0.5) is 0 Å². The van der Waals surface area contributed by atoms with Gasteiger partial charge in [-0.3, -0.25) is 14.6 Å². The van der Waals surface area contributed by atoms with Crippen molar-refractivity contribution in [2.45, 2.75) is 12.8 Å². The smallest absolute Gasteiger partial charge is 0.269 e. The van der Waals surface area contributed by atoms with Crippen LogP contribution < -0.4 is 0 Å². The van der Waals surface area contributed by atoms with Crippen molar-refractivity contribution >= 4 is 22.9 Å². The van der Waals surface area contributed by atoms with E-state index in [0.717, 1.165) is 16.8 Å². The van der Waals surface area contributed by atoms with Crippen LogP contribution in [-0.2, 0) is 17.6 Å². The number of pyridine rings is 1. The number of rotatable bonds is 6. The average Bonchev–Trinajstić information content (AvgIpc) is 3.20. The third-order valence-electron chi connectivity index (χ3n) is 3.08. The molecule has 0 unspecified atom stereocenters. The molecule has 0 atom stereocenters. The number of aromatic amines is 1. The van der Waals surface area contributed by atoms with Gasteiger partial charge in [-0.2, -0.15) is 16.6 Å². The first-order chi connectivity index (χ1) is 10.7. The Kier molecular flexibility index (Phi) is 4.10. The lowest BCUT2D eigenvalue weighted by atomic mass is 10.0. The van der Waals surface area contributed by atoms with E-state index in [4.69, 9.17) is 0 Å². The maximum Gasteiger partial charge on any atom is 0.269 e. The van der Waals surface area contributed by atoms with Gasteiger partial charge in [-0.05, 0) is 39.2 Å². The molecule has 0 aliphatic rings. The fourth-order valence-electron chi connectivity index (χ4n) is 1.99. The second-order valence-electron chi connectivity index (χ2n) is 4.58. The predicted molar refractivity (Wildman–Crippen MR) is 78.6 cm³/mol. The highest BCUT2D eigenvalue weighted by molar-refractivity contribution is 7.08. The lowest BCUT2D eigenvalue weighted by molar-refractivity contribution is -0.114. The molecule has 0 radical (unpaired) electrons. The molecule has 7 nitrogen and oxygen atoms in total. The van der Waals surface area contributed by atoms with Crippen molar-refractivity contribution in [1.29, 1.82) is 0 Å². The molecule has 22 heavy (non-hydrogen) atoms. The summed E-state index contributed by atoms with van der Waals surface area (Å²) in [5, 5.41) is 16.3. The Morgan fingerprint density at radius 2 is 2.05 bits per heavy atom. The third kappa shape index (κ3) is 3.12. The van der Waals surface area contributed by atoms with Crippen molar-refractivity contribution in [3.8, 4) is 0 Å². The molecule has 8 heteroatoms. The van der Waals surface area contributed by atoms with Crippen LogP contribution in [0.5, 0.6) is 0 Å². The van der Waals surface area contributed by atoms with Crippen LogP contribution in [0.25, 0.3) is 0 Å². The number of H-pyrrole nitrogens is 1. The number of carbonyl (C=O) groups excluding carboxylic acids is 2. The molecule has 110 valence electrons. The van der Waals surface area contributed by atoms with Crippen molar-refractivity contribution < 1.29 is 9.59 Å². The molecule has 0 aliphatic carbocycles. The average molecular weight is 313 g/mol. The second kappa shape index (κ2) is 6.35. The largest absolute Gasteiger partial charge is 0.290 e. The highest BCUT2D eigenvalue weighted by Gasteiger charge is 2.22. The molecule has 0 spiro atoms. The number of hydrogen-bond donors (Lipinski definition) is 1. The number of thiophene rings is 1. The number of aromatic nitrogens is 5. The topological polar surface area (TPSA) is 101 Å². The summed E-state index contributed by atoms with van der Waals surface area (Å²) in [5.41, 5.74) is 2.74. The van der Waals surface area contributed by atoms with E-state index < -0.39 is 11.6 Å². The Hall–Kier alpha value is -2.74. The fraction of sp³-hybridized carbons (Fsp3) is 0.143. The zero-order chi connectivity index (χ0) is 15.4. The molecule has 0 fully saturated rings. The van der Waals surface area contributed by atoms with Gasteiger partial charge in [-0.25, -0.2) is 0 Å². The molecule has 0 bridgehead atoms. The summed E-state index contributed by atoms with van der Waals surface area (Å²) >= 11 is 1.50. The van der Waals surface area contributed by atoms with Crippen LogP contribution in [0.3, 0.4) is 0 Å². The van der Waals surface area contributed by atoms with E-state index in [9.17, 15) is 9.59 Å². The Morgan fingerprint density at radius 1 is 1.18 bits per heavy atom. The minimum absolute atomic E-state index is 0.0268. The number of tetrazole rings is 1.